The summed E-state index contributed by atoms with van der Waals surface area (Å²) in [5.74, 6) is 0.576. The summed E-state index contributed by atoms with van der Waals surface area (Å²) >= 11 is 0. The monoisotopic (exact) mass is 288 g/mol. The molecule has 21 heavy (non-hydrogen) atoms. The number of nitrogens with one attached hydrogen (secondary N) is 1. The van der Waals surface area contributed by atoms with Gasteiger partial charge in [-0.1, -0.05) is 24.3 Å². The van der Waals surface area contributed by atoms with Gasteiger partial charge in [0.15, 0.2) is 0 Å². The zero-order valence-corrected chi connectivity index (χ0v) is 12.7. The highest BCUT2D eigenvalue weighted by atomic mass is 16.3. The predicted octanol–water partition coefficient (Wildman–Crippen LogP) is 1.42. The van der Waals surface area contributed by atoms with Crippen molar-refractivity contribution in [3.05, 3.63) is 35.4 Å². The molecule has 2 fully saturated rings. The molecule has 1 amide bonds. The van der Waals surface area contributed by atoms with Gasteiger partial charge in [-0.3, -0.25) is 4.79 Å². The first-order valence-electron chi connectivity index (χ1n) is 7.83. The Hall–Kier alpha value is -1.39. The highest BCUT2D eigenvalue weighted by Crippen LogP contribution is 2.33. The molecule has 0 saturated carbocycles. The lowest BCUT2D eigenvalue weighted by Crippen LogP contribution is -2.45. The van der Waals surface area contributed by atoms with Gasteiger partial charge >= 0.3 is 0 Å². The quantitative estimate of drug-likeness (QED) is 0.865. The van der Waals surface area contributed by atoms with Gasteiger partial charge < -0.3 is 15.3 Å². The average Bonchev–Trinajstić information content (AvgIpc) is 3.05. The first kappa shape index (κ1) is 14.5. The zero-order chi connectivity index (χ0) is 15.0. The number of amides is 1. The third kappa shape index (κ3) is 2.83. The summed E-state index contributed by atoms with van der Waals surface area (Å²) in [5, 5.41) is 12.7. The second-order valence-corrected chi connectivity index (χ2v) is 6.48. The van der Waals surface area contributed by atoms with Gasteiger partial charge in [-0.15, -0.1) is 0 Å². The second-order valence-electron chi connectivity index (χ2n) is 6.48. The van der Waals surface area contributed by atoms with Gasteiger partial charge in [0, 0.05) is 25.0 Å². The topological polar surface area (TPSA) is 52.6 Å². The Bertz CT molecular complexity index is 531. The van der Waals surface area contributed by atoms with Crippen LogP contribution in [0.4, 0.5) is 0 Å². The molecule has 4 unspecified atom stereocenters. The molecular formula is C17H24N2O2. The van der Waals surface area contributed by atoms with Crippen LogP contribution in [0.25, 0.3) is 0 Å². The van der Waals surface area contributed by atoms with Gasteiger partial charge in [0.25, 0.3) is 0 Å². The van der Waals surface area contributed by atoms with Crippen LogP contribution in [-0.4, -0.2) is 47.2 Å². The average molecular weight is 288 g/mol. The predicted molar refractivity (Wildman–Crippen MR) is 82.1 cm³/mol. The van der Waals surface area contributed by atoms with E-state index >= 15 is 0 Å². The molecule has 4 atom stereocenters. The minimum atomic E-state index is -0.385. The number of aliphatic hydroxyl groups excluding tert-OH is 1. The minimum absolute atomic E-state index is 0.148. The van der Waals surface area contributed by atoms with Crippen molar-refractivity contribution in [3.8, 4) is 0 Å². The number of carbonyl (C=O) groups excluding carboxylic acids is 1. The minimum Gasteiger partial charge on any atom is -0.392 e. The SMILES string of the molecule is Cc1ccccc1C1CC(C)N(C(=O)C2CC(O)CN2)C1. The fourth-order valence-electron chi connectivity index (χ4n) is 3.71. The molecule has 0 aromatic heterocycles. The van der Waals surface area contributed by atoms with Crippen LogP contribution < -0.4 is 5.32 Å². The van der Waals surface area contributed by atoms with Gasteiger partial charge in [0.1, 0.15) is 0 Å². The molecule has 1 aromatic rings. The van der Waals surface area contributed by atoms with Crippen LogP contribution in [0.1, 0.15) is 36.8 Å². The largest absolute Gasteiger partial charge is 0.392 e. The number of nitrogens with zero attached hydrogens (tertiary/aromatic N) is 1. The van der Waals surface area contributed by atoms with Crippen LogP contribution in [0, 0.1) is 6.92 Å². The van der Waals surface area contributed by atoms with Gasteiger partial charge in [-0.2, -0.15) is 0 Å². The van der Waals surface area contributed by atoms with Gasteiger partial charge in [0.2, 0.25) is 5.91 Å². The van der Waals surface area contributed by atoms with Crippen molar-refractivity contribution in [2.45, 2.75) is 50.8 Å². The maximum atomic E-state index is 12.6. The Labute approximate surface area is 126 Å². The Morgan fingerprint density at radius 3 is 2.76 bits per heavy atom. The first-order chi connectivity index (χ1) is 10.1. The molecule has 2 N–H and O–H groups in total. The molecule has 4 nitrogen and oxygen atoms in total. The number of aliphatic hydroxyl groups is 1. The van der Waals surface area contributed by atoms with Crippen molar-refractivity contribution in [2.75, 3.05) is 13.1 Å². The van der Waals surface area contributed by atoms with Crippen LogP contribution in [0.2, 0.25) is 0 Å². The zero-order valence-electron chi connectivity index (χ0n) is 12.7. The number of rotatable bonds is 2. The molecular weight excluding hydrogens is 264 g/mol. The Morgan fingerprint density at radius 2 is 2.10 bits per heavy atom. The first-order valence-corrected chi connectivity index (χ1v) is 7.83. The molecule has 114 valence electrons. The van der Waals surface area contributed by atoms with E-state index in [0.29, 0.717) is 18.9 Å². The lowest BCUT2D eigenvalue weighted by Gasteiger charge is -2.25. The molecule has 2 saturated heterocycles. The van der Waals surface area contributed by atoms with Crippen molar-refractivity contribution in [1.29, 1.82) is 0 Å². The van der Waals surface area contributed by atoms with Crippen LogP contribution in [0.5, 0.6) is 0 Å². The van der Waals surface area contributed by atoms with Crippen molar-refractivity contribution in [3.63, 3.8) is 0 Å². The maximum absolute atomic E-state index is 12.6. The van der Waals surface area contributed by atoms with Crippen molar-refractivity contribution >= 4 is 5.91 Å². The summed E-state index contributed by atoms with van der Waals surface area (Å²) in [6.07, 6.45) is 1.17. The third-order valence-electron chi connectivity index (χ3n) is 4.89. The van der Waals surface area contributed by atoms with E-state index < -0.39 is 0 Å². The molecule has 0 bridgehead atoms. The standard InChI is InChI=1S/C17H24N2O2/c1-11-5-3-4-6-15(11)13-7-12(2)19(10-13)17(21)16-8-14(20)9-18-16/h3-6,12-14,16,18,20H,7-10H2,1-2H3. The van der Waals surface area contributed by atoms with E-state index in [1.54, 1.807) is 0 Å². The van der Waals surface area contributed by atoms with E-state index in [0.717, 1.165) is 13.0 Å². The Balaban J connectivity index is 1.71. The fourth-order valence-corrected chi connectivity index (χ4v) is 3.71. The summed E-state index contributed by atoms with van der Waals surface area (Å²) < 4.78 is 0. The number of hydrogen-bond acceptors (Lipinski definition) is 3. The summed E-state index contributed by atoms with van der Waals surface area (Å²) in [4.78, 5) is 14.6. The van der Waals surface area contributed by atoms with E-state index in [1.165, 1.54) is 11.1 Å². The molecule has 4 heteroatoms. The van der Waals surface area contributed by atoms with E-state index in [-0.39, 0.29) is 24.1 Å². The van der Waals surface area contributed by atoms with E-state index in [4.69, 9.17) is 0 Å². The van der Waals surface area contributed by atoms with Gasteiger partial charge in [0.05, 0.1) is 12.1 Å². The Morgan fingerprint density at radius 1 is 1.33 bits per heavy atom. The number of aryl methyl sites for hydroxylation is 1. The normalized spacial score (nSPS) is 32.6. The smallest absolute Gasteiger partial charge is 0.240 e. The summed E-state index contributed by atoms with van der Waals surface area (Å²) in [5.41, 5.74) is 2.66. The fraction of sp³-hybridized carbons (Fsp3) is 0.588. The highest BCUT2D eigenvalue weighted by Gasteiger charge is 2.38. The molecule has 0 spiro atoms. The Kier molecular flexibility index (Phi) is 4.00. The van der Waals surface area contributed by atoms with E-state index in [1.807, 2.05) is 4.90 Å². The lowest BCUT2D eigenvalue weighted by atomic mass is 9.93. The molecule has 2 aliphatic rings. The molecule has 1 aromatic carbocycles. The van der Waals surface area contributed by atoms with Crippen molar-refractivity contribution < 1.29 is 9.90 Å². The highest BCUT2D eigenvalue weighted by molar-refractivity contribution is 5.83. The van der Waals surface area contributed by atoms with Gasteiger partial charge in [-0.05, 0) is 37.8 Å². The molecule has 3 rings (SSSR count). The van der Waals surface area contributed by atoms with Crippen LogP contribution >= 0.6 is 0 Å². The maximum Gasteiger partial charge on any atom is 0.240 e. The summed E-state index contributed by atoms with van der Waals surface area (Å²) in [6, 6.07) is 8.51. The van der Waals surface area contributed by atoms with Gasteiger partial charge in [-0.25, -0.2) is 0 Å². The number of carbonyl (C=O) groups is 1. The van der Waals surface area contributed by atoms with Crippen LogP contribution in [-0.2, 0) is 4.79 Å². The van der Waals surface area contributed by atoms with E-state index in [2.05, 4.69) is 43.4 Å². The number of likely N-dealkylation sites (tertiary alicyclic amines) is 1. The third-order valence-corrected chi connectivity index (χ3v) is 4.89. The van der Waals surface area contributed by atoms with Crippen molar-refractivity contribution in [1.82, 2.24) is 10.2 Å². The lowest BCUT2D eigenvalue weighted by molar-refractivity contribution is -0.133. The van der Waals surface area contributed by atoms with Crippen LogP contribution in [0.15, 0.2) is 24.3 Å². The molecule has 0 radical (unpaired) electrons. The summed E-state index contributed by atoms with van der Waals surface area (Å²) in [6.45, 7) is 5.58. The molecule has 2 heterocycles. The van der Waals surface area contributed by atoms with Crippen LogP contribution in [0.3, 0.4) is 0 Å². The number of benzene rings is 1. The summed E-state index contributed by atoms with van der Waals surface area (Å²) in [7, 11) is 0. The van der Waals surface area contributed by atoms with Crippen molar-refractivity contribution in [2.24, 2.45) is 0 Å². The molecule has 0 aliphatic carbocycles. The second kappa shape index (κ2) is 5.78. The number of hydrogen-bond donors (Lipinski definition) is 2. The van der Waals surface area contributed by atoms with E-state index in [9.17, 15) is 9.90 Å². The molecule has 2 aliphatic heterocycles. The number of β-amino-alcohol motifs (C(OH)–C–C–N with tert-alkyl or cyclic N) is 1.